The van der Waals surface area contributed by atoms with Crippen molar-refractivity contribution in [2.45, 2.75) is 32.5 Å². The van der Waals surface area contributed by atoms with Gasteiger partial charge in [-0.2, -0.15) is 13.2 Å². The fourth-order valence-corrected chi connectivity index (χ4v) is 3.55. The molecule has 0 bridgehead atoms. The van der Waals surface area contributed by atoms with Gasteiger partial charge in [0.05, 0.1) is 11.3 Å². The molecule has 176 valence electrons. The van der Waals surface area contributed by atoms with Gasteiger partial charge in [-0.3, -0.25) is 0 Å². The van der Waals surface area contributed by atoms with Crippen LogP contribution < -0.4 is 21.8 Å². The van der Waals surface area contributed by atoms with Crippen LogP contribution in [0.2, 0.25) is 5.02 Å². The molecule has 13 heteroatoms. The normalized spacial score (nSPS) is 12.2. The Labute approximate surface area is 198 Å². The Morgan fingerprint density at radius 3 is 2.21 bits per heavy atom. The Hall–Kier alpha value is -2.86. The van der Waals surface area contributed by atoms with Crippen LogP contribution >= 0.6 is 27.5 Å². The van der Waals surface area contributed by atoms with Crippen molar-refractivity contribution in [1.82, 2.24) is 18.7 Å². The van der Waals surface area contributed by atoms with E-state index in [0.717, 1.165) is 13.7 Å². The van der Waals surface area contributed by atoms with Gasteiger partial charge in [0.1, 0.15) is 10.8 Å². The molecular formula is C20H17BrClF3N4O4. The zero-order chi connectivity index (χ0) is 24.9. The highest BCUT2D eigenvalue weighted by molar-refractivity contribution is 9.10. The molecule has 2 heterocycles. The third-order valence-electron chi connectivity index (χ3n) is 4.52. The van der Waals surface area contributed by atoms with Crippen molar-refractivity contribution < 1.29 is 17.9 Å². The van der Waals surface area contributed by atoms with E-state index in [0.29, 0.717) is 16.7 Å². The van der Waals surface area contributed by atoms with E-state index in [4.69, 9.17) is 16.3 Å². The van der Waals surface area contributed by atoms with Crippen LogP contribution in [0.1, 0.15) is 26.3 Å². The summed E-state index contributed by atoms with van der Waals surface area (Å²) in [7, 11) is 1.24. The maximum atomic E-state index is 13.1. The van der Waals surface area contributed by atoms with Gasteiger partial charge in [-0.1, -0.05) is 11.6 Å². The number of benzene rings is 1. The van der Waals surface area contributed by atoms with Gasteiger partial charge in [0, 0.05) is 29.3 Å². The van der Waals surface area contributed by atoms with Crippen molar-refractivity contribution in [3.63, 3.8) is 0 Å². The molecule has 0 N–H and O–H groups in total. The molecule has 3 aromatic rings. The average Bonchev–Trinajstić information content (AvgIpc) is 2.68. The Morgan fingerprint density at radius 1 is 1.03 bits per heavy atom. The first-order valence-corrected chi connectivity index (χ1v) is 10.5. The Bertz CT molecular complexity index is 1420. The third kappa shape index (κ3) is 4.76. The highest BCUT2D eigenvalue weighted by Gasteiger charge is 2.32. The molecule has 0 atom stereocenters. The number of halogens is 5. The molecular weight excluding hydrogens is 533 g/mol. The summed E-state index contributed by atoms with van der Waals surface area (Å²) in [5, 5.41) is -0.386. The van der Waals surface area contributed by atoms with Crippen LogP contribution in [0.25, 0.3) is 5.69 Å². The zero-order valence-electron chi connectivity index (χ0n) is 17.7. The quantitative estimate of drug-likeness (QED) is 0.491. The number of rotatable bonds is 3. The summed E-state index contributed by atoms with van der Waals surface area (Å²) in [6.45, 7) is 4.91. The van der Waals surface area contributed by atoms with Crippen molar-refractivity contribution in [2.75, 3.05) is 0 Å². The Kier molecular flexibility index (Phi) is 6.37. The van der Waals surface area contributed by atoms with E-state index < -0.39 is 34.3 Å². The molecule has 2 aromatic heterocycles. The summed E-state index contributed by atoms with van der Waals surface area (Å²) in [6.07, 6.45) is -4.06. The Morgan fingerprint density at radius 2 is 1.67 bits per heavy atom. The minimum atomic E-state index is -4.63. The van der Waals surface area contributed by atoms with Crippen LogP contribution in [0.4, 0.5) is 13.2 Å². The summed E-state index contributed by atoms with van der Waals surface area (Å²) >= 11 is 9.16. The molecule has 0 radical (unpaired) electrons. The predicted molar refractivity (Wildman–Crippen MR) is 119 cm³/mol. The van der Waals surface area contributed by atoms with Gasteiger partial charge in [0.2, 0.25) is 5.88 Å². The van der Waals surface area contributed by atoms with Crippen molar-refractivity contribution in [3.8, 4) is 17.3 Å². The van der Waals surface area contributed by atoms with Gasteiger partial charge in [-0.15, -0.1) is 0 Å². The van der Waals surface area contributed by atoms with Crippen molar-refractivity contribution in [2.24, 2.45) is 7.05 Å². The molecule has 0 spiro atoms. The summed E-state index contributed by atoms with van der Waals surface area (Å²) in [5.74, 6) is -0.275. The van der Waals surface area contributed by atoms with E-state index in [2.05, 4.69) is 20.9 Å². The molecule has 3 rings (SSSR count). The first-order valence-electron chi connectivity index (χ1n) is 9.29. The lowest BCUT2D eigenvalue weighted by Crippen LogP contribution is -2.57. The van der Waals surface area contributed by atoms with Gasteiger partial charge in [0.25, 0.3) is 0 Å². The van der Waals surface area contributed by atoms with Gasteiger partial charge >= 0.3 is 23.2 Å². The van der Waals surface area contributed by atoms with Gasteiger partial charge in [-0.05, 0) is 54.9 Å². The monoisotopic (exact) mass is 548 g/mol. The average molecular weight is 550 g/mol. The van der Waals surface area contributed by atoms with E-state index in [1.165, 1.54) is 25.2 Å². The number of nitrogens with zero attached hydrogens (tertiary/aromatic N) is 4. The van der Waals surface area contributed by atoms with Crippen molar-refractivity contribution >= 4 is 27.5 Å². The molecule has 0 aliphatic heterocycles. The maximum absolute atomic E-state index is 13.1. The SMILES string of the molecule is Cn1c(=O)n(-c2cc(Oc3ncc(C(F)(F)F)cc3Cl)ccc2Br)c(=O)n(C(C)(C)C)c1=O. The molecule has 0 fully saturated rings. The third-order valence-corrected chi connectivity index (χ3v) is 5.46. The number of alkyl halides is 3. The van der Waals surface area contributed by atoms with E-state index in [1.54, 1.807) is 20.8 Å². The molecule has 0 amide bonds. The highest BCUT2D eigenvalue weighted by Crippen LogP contribution is 2.35. The lowest BCUT2D eigenvalue weighted by atomic mass is 10.1. The maximum Gasteiger partial charge on any atom is 0.417 e. The fourth-order valence-electron chi connectivity index (χ4n) is 2.92. The highest BCUT2D eigenvalue weighted by atomic mass is 79.9. The molecule has 0 unspecified atom stereocenters. The predicted octanol–water partition coefficient (Wildman–Crippen LogP) is 4.07. The zero-order valence-corrected chi connectivity index (χ0v) is 20.0. The standard InChI is InChI=1S/C20H17BrClF3N4O4/c1-19(2,3)29-17(31)27(4)16(30)28(18(29)32)14-8-11(5-6-12(14)21)33-15-13(22)7-10(9-26-15)20(23,24)25/h5-9H,1-4H3. The number of pyridine rings is 1. The van der Waals surface area contributed by atoms with Gasteiger partial charge in [-0.25, -0.2) is 33.1 Å². The number of hydrogen-bond donors (Lipinski definition) is 0. The van der Waals surface area contributed by atoms with E-state index in [9.17, 15) is 27.6 Å². The summed E-state index contributed by atoms with van der Waals surface area (Å²) < 4.78 is 46.8. The molecule has 8 nitrogen and oxygen atoms in total. The van der Waals surface area contributed by atoms with E-state index in [1.807, 2.05) is 0 Å². The number of ether oxygens (including phenoxy) is 1. The van der Waals surface area contributed by atoms with Crippen LogP contribution in [0.15, 0.2) is 49.3 Å². The first kappa shape index (κ1) is 24.8. The molecule has 0 aliphatic carbocycles. The van der Waals surface area contributed by atoms with E-state index >= 15 is 0 Å². The largest absolute Gasteiger partial charge is 0.437 e. The molecule has 1 aromatic carbocycles. The number of hydrogen-bond acceptors (Lipinski definition) is 5. The summed E-state index contributed by atoms with van der Waals surface area (Å²) in [6, 6.07) is 4.85. The topological polar surface area (TPSA) is 88.1 Å². The van der Waals surface area contributed by atoms with Crippen LogP contribution in [0, 0.1) is 0 Å². The number of aromatic nitrogens is 4. The second-order valence-electron chi connectivity index (χ2n) is 7.97. The lowest BCUT2D eigenvalue weighted by Gasteiger charge is -2.23. The lowest BCUT2D eigenvalue weighted by molar-refractivity contribution is -0.137. The van der Waals surface area contributed by atoms with Crippen molar-refractivity contribution in [1.29, 1.82) is 0 Å². The molecule has 0 saturated carbocycles. The fraction of sp³-hybridized carbons (Fsp3) is 0.300. The van der Waals surface area contributed by atoms with Crippen LogP contribution in [0.3, 0.4) is 0 Å². The molecule has 33 heavy (non-hydrogen) atoms. The summed E-state index contributed by atoms with van der Waals surface area (Å²) in [5.41, 5.74) is -4.49. The molecule has 0 saturated heterocycles. The minimum absolute atomic E-state index is 0.0322. The smallest absolute Gasteiger partial charge is 0.417 e. The first-order chi connectivity index (χ1) is 15.1. The van der Waals surface area contributed by atoms with Gasteiger partial charge in [0.15, 0.2) is 0 Å². The van der Waals surface area contributed by atoms with Gasteiger partial charge < -0.3 is 4.74 Å². The van der Waals surface area contributed by atoms with Crippen LogP contribution in [0.5, 0.6) is 11.6 Å². The second-order valence-corrected chi connectivity index (χ2v) is 9.23. The van der Waals surface area contributed by atoms with Crippen LogP contribution in [-0.2, 0) is 18.8 Å². The second kappa shape index (κ2) is 8.49. The van der Waals surface area contributed by atoms with Crippen molar-refractivity contribution in [3.05, 3.63) is 77.0 Å². The Balaban J connectivity index is 2.16. The summed E-state index contributed by atoms with van der Waals surface area (Å²) in [4.78, 5) is 42.1. The van der Waals surface area contributed by atoms with E-state index in [-0.39, 0.29) is 22.3 Å². The molecule has 0 aliphatic rings. The van der Waals surface area contributed by atoms with Crippen LogP contribution in [-0.4, -0.2) is 18.7 Å². The minimum Gasteiger partial charge on any atom is -0.437 e.